The van der Waals surface area contributed by atoms with Crippen molar-refractivity contribution in [3.63, 3.8) is 0 Å². The minimum Gasteiger partial charge on any atom is -0.0784 e. The van der Waals surface area contributed by atoms with E-state index in [0.29, 0.717) is 0 Å². The fraction of sp³-hybridized carbons (Fsp3) is 0.600. The molecule has 56 valence electrons. The zero-order chi connectivity index (χ0) is 7.56. The van der Waals surface area contributed by atoms with Crippen molar-refractivity contribution < 1.29 is 0 Å². The van der Waals surface area contributed by atoms with Gasteiger partial charge in [0.25, 0.3) is 0 Å². The Balaban J connectivity index is 2.70. The van der Waals surface area contributed by atoms with E-state index >= 15 is 0 Å². The highest BCUT2D eigenvalue weighted by Crippen LogP contribution is 2.23. The van der Waals surface area contributed by atoms with Gasteiger partial charge in [0.15, 0.2) is 0 Å². The maximum atomic E-state index is 2.35. The number of allylic oxidation sites excluding steroid dienone is 4. The molecular weight excluding hydrogens is 120 g/mol. The van der Waals surface area contributed by atoms with Gasteiger partial charge in [0.05, 0.1) is 0 Å². The molecule has 0 heterocycles. The molecule has 0 spiro atoms. The van der Waals surface area contributed by atoms with E-state index in [1.807, 2.05) is 0 Å². The summed E-state index contributed by atoms with van der Waals surface area (Å²) in [5.41, 5.74) is 3.04. The van der Waals surface area contributed by atoms with Crippen molar-refractivity contribution in [3.05, 3.63) is 23.3 Å². The first kappa shape index (κ1) is 7.59. The van der Waals surface area contributed by atoms with Gasteiger partial charge < -0.3 is 0 Å². The van der Waals surface area contributed by atoms with Crippen LogP contribution in [0.25, 0.3) is 0 Å². The third kappa shape index (κ3) is 1.73. The molecule has 0 N–H and O–H groups in total. The van der Waals surface area contributed by atoms with Crippen LogP contribution >= 0.6 is 0 Å². The van der Waals surface area contributed by atoms with Gasteiger partial charge in [0.2, 0.25) is 0 Å². The maximum absolute atomic E-state index is 2.35. The van der Waals surface area contributed by atoms with Crippen LogP contribution in [0.15, 0.2) is 23.3 Å². The predicted octanol–water partition coefficient (Wildman–Crippen LogP) is 3.31. The third-order valence-electron chi connectivity index (χ3n) is 2.02. The Hall–Kier alpha value is -0.520. The van der Waals surface area contributed by atoms with E-state index in [2.05, 4.69) is 32.9 Å². The zero-order valence-electron chi connectivity index (χ0n) is 7.15. The van der Waals surface area contributed by atoms with Crippen LogP contribution in [0.5, 0.6) is 0 Å². The molecule has 0 saturated heterocycles. The highest BCUT2D eigenvalue weighted by Gasteiger charge is 2.06. The average molecular weight is 136 g/mol. The summed E-state index contributed by atoms with van der Waals surface area (Å²) in [4.78, 5) is 0. The molecule has 1 atom stereocenters. The fourth-order valence-corrected chi connectivity index (χ4v) is 1.60. The molecule has 0 fully saturated rings. The van der Waals surface area contributed by atoms with Crippen molar-refractivity contribution in [1.29, 1.82) is 0 Å². The average Bonchev–Trinajstić information content (AvgIpc) is 1.85. The van der Waals surface area contributed by atoms with Crippen LogP contribution in [0, 0.1) is 5.92 Å². The summed E-state index contributed by atoms with van der Waals surface area (Å²) >= 11 is 0. The highest BCUT2D eigenvalue weighted by molar-refractivity contribution is 5.27. The molecule has 0 amide bonds. The summed E-state index contributed by atoms with van der Waals surface area (Å²) < 4.78 is 0. The molecule has 10 heavy (non-hydrogen) atoms. The van der Waals surface area contributed by atoms with Crippen LogP contribution in [0.3, 0.4) is 0 Å². The maximum Gasteiger partial charge on any atom is -0.0219 e. The Morgan fingerprint density at radius 3 is 2.80 bits per heavy atom. The summed E-state index contributed by atoms with van der Waals surface area (Å²) in [6.07, 6.45) is 7.16. The first-order valence-electron chi connectivity index (χ1n) is 4.10. The number of hydrogen-bond donors (Lipinski definition) is 0. The molecule has 1 unspecified atom stereocenters. The highest BCUT2D eigenvalue weighted by atomic mass is 14.1. The van der Waals surface area contributed by atoms with E-state index in [0.717, 1.165) is 5.92 Å². The minimum atomic E-state index is 0.764. The Labute approximate surface area is 63.6 Å². The lowest BCUT2D eigenvalue weighted by atomic mass is 9.91. The second kappa shape index (κ2) is 3.05. The van der Waals surface area contributed by atoms with E-state index in [9.17, 15) is 0 Å². The first-order valence-corrected chi connectivity index (χ1v) is 4.10. The molecule has 0 saturated carbocycles. The van der Waals surface area contributed by atoms with Crippen LogP contribution < -0.4 is 0 Å². The molecule has 0 aromatic rings. The van der Waals surface area contributed by atoms with Gasteiger partial charge in [-0.2, -0.15) is 0 Å². The van der Waals surface area contributed by atoms with Gasteiger partial charge in [-0.05, 0) is 25.7 Å². The topological polar surface area (TPSA) is 0 Å². The standard InChI is InChI=1S/C10H16/c1-4-10-6-8(2)5-9(3)7-10/h5-6,9H,4,7H2,1-3H3. The predicted molar refractivity (Wildman–Crippen MR) is 45.9 cm³/mol. The molecule has 1 rings (SSSR count). The van der Waals surface area contributed by atoms with E-state index in [-0.39, 0.29) is 0 Å². The Kier molecular flexibility index (Phi) is 2.31. The lowest BCUT2D eigenvalue weighted by Gasteiger charge is -2.15. The van der Waals surface area contributed by atoms with Crippen molar-refractivity contribution >= 4 is 0 Å². The normalized spacial score (nSPS) is 25.7. The third-order valence-corrected chi connectivity index (χ3v) is 2.02. The Morgan fingerprint density at radius 2 is 2.30 bits per heavy atom. The lowest BCUT2D eigenvalue weighted by Crippen LogP contribution is -1.98. The van der Waals surface area contributed by atoms with Crippen LogP contribution in [-0.2, 0) is 0 Å². The monoisotopic (exact) mass is 136 g/mol. The van der Waals surface area contributed by atoms with Gasteiger partial charge >= 0.3 is 0 Å². The van der Waals surface area contributed by atoms with E-state index in [1.165, 1.54) is 18.4 Å². The van der Waals surface area contributed by atoms with Crippen molar-refractivity contribution in [3.8, 4) is 0 Å². The summed E-state index contributed by atoms with van der Waals surface area (Å²) in [6, 6.07) is 0. The Morgan fingerprint density at radius 1 is 1.60 bits per heavy atom. The smallest absolute Gasteiger partial charge is 0.0219 e. The van der Waals surface area contributed by atoms with Gasteiger partial charge in [-0.1, -0.05) is 37.1 Å². The van der Waals surface area contributed by atoms with Crippen molar-refractivity contribution in [2.75, 3.05) is 0 Å². The van der Waals surface area contributed by atoms with Crippen molar-refractivity contribution in [2.45, 2.75) is 33.6 Å². The SMILES string of the molecule is CCC1=CC(C)=CC(C)C1. The van der Waals surface area contributed by atoms with E-state index < -0.39 is 0 Å². The van der Waals surface area contributed by atoms with E-state index in [1.54, 1.807) is 5.57 Å². The quantitative estimate of drug-likeness (QED) is 0.518. The van der Waals surface area contributed by atoms with Crippen LogP contribution in [-0.4, -0.2) is 0 Å². The van der Waals surface area contributed by atoms with Crippen LogP contribution in [0.4, 0.5) is 0 Å². The molecule has 0 nitrogen and oxygen atoms in total. The van der Waals surface area contributed by atoms with Gasteiger partial charge in [0.1, 0.15) is 0 Å². The molecule has 0 radical (unpaired) electrons. The molecule has 0 bridgehead atoms. The second-order valence-electron chi connectivity index (χ2n) is 3.25. The molecule has 0 aliphatic heterocycles. The van der Waals surface area contributed by atoms with Crippen molar-refractivity contribution in [1.82, 2.24) is 0 Å². The Bertz CT molecular complexity index is 172. The molecule has 0 heteroatoms. The molecule has 1 aliphatic carbocycles. The van der Waals surface area contributed by atoms with Crippen LogP contribution in [0.2, 0.25) is 0 Å². The van der Waals surface area contributed by atoms with Crippen LogP contribution in [0.1, 0.15) is 33.6 Å². The van der Waals surface area contributed by atoms with Gasteiger partial charge in [-0.25, -0.2) is 0 Å². The summed E-state index contributed by atoms with van der Waals surface area (Å²) in [5.74, 6) is 0.764. The second-order valence-corrected chi connectivity index (χ2v) is 3.25. The van der Waals surface area contributed by atoms with Crippen molar-refractivity contribution in [2.24, 2.45) is 5.92 Å². The largest absolute Gasteiger partial charge is 0.0784 e. The van der Waals surface area contributed by atoms with Gasteiger partial charge in [-0.15, -0.1) is 0 Å². The minimum absolute atomic E-state index is 0.764. The summed E-state index contributed by atoms with van der Waals surface area (Å²) in [7, 11) is 0. The molecule has 0 aromatic heterocycles. The molecular formula is C10H16. The van der Waals surface area contributed by atoms with Gasteiger partial charge in [0, 0.05) is 0 Å². The van der Waals surface area contributed by atoms with Gasteiger partial charge in [-0.3, -0.25) is 0 Å². The fourth-order valence-electron chi connectivity index (χ4n) is 1.60. The van der Waals surface area contributed by atoms with E-state index in [4.69, 9.17) is 0 Å². The lowest BCUT2D eigenvalue weighted by molar-refractivity contribution is 0.682. The summed E-state index contributed by atoms with van der Waals surface area (Å²) in [5, 5.41) is 0. The summed E-state index contributed by atoms with van der Waals surface area (Å²) in [6.45, 7) is 6.70. The molecule has 0 aromatic carbocycles. The number of rotatable bonds is 1. The zero-order valence-corrected chi connectivity index (χ0v) is 7.15. The first-order chi connectivity index (χ1) is 4.72. The molecule has 1 aliphatic rings. The number of hydrogen-bond acceptors (Lipinski definition) is 0.